The molecule has 7 heteroatoms. The summed E-state index contributed by atoms with van der Waals surface area (Å²) in [7, 11) is 2.97. The highest BCUT2D eigenvalue weighted by Gasteiger charge is 2.29. The summed E-state index contributed by atoms with van der Waals surface area (Å²) in [4.78, 5) is 11.7. The van der Waals surface area contributed by atoms with Crippen LogP contribution in [0.4, 0.5) is 5.82 Å². The van der Waals surface area contributed by atoms with Gasteiger partial charge in [-0.2, -0.15) is 0 Å². The number of aromatic nitrogens is 3. The summed E-state index contributed by atoms with van der Waals surface area (Å²) in [5.74, 6) is 0.900. The van der Waals surface area contributed by atoms with Crippen LogP contribution in [0, 0.1) is 0 Å². The summed E-state index contributed by atoms with van der Waals surface area (Å²) in [6.45, 7) is 0.735. The number of carbonyl (C=O) groups excluding carboxylic acids is 1. The molecule has 0 bridgehead atoms. The zero-order valence-electron chi connectivity index (χ0n) is 11.9. The number of hydrogen-bond donors (Lipinski definition) is 1. The maximum Gasteiger partial charge on any atom is 0.362 e. The van der Waals surface area contributed by atoms with Gasteiger partial charge in [0.15, 0.2) is 5.82 Å². The SMILES string of the molecule is COC(=O)c1nnn2c1NCCC2c1cccc(OC)c1. The van der Waals surface area contributed by atoms with Crippen molar-refractivity contribution >= 4 is 11.8 Å². The molecule has 110 valence electrons. The number of ether oxygens (including phenoxy) is 2. The van der Waals surface area contributed by atoms with E-state index >= 15 is 0 Å². The molecule has 1 unspecified atom stereocenters. The van der Waals surface area contributed by atoms with Gasteiger partial charge in [-0.15, -0.1) is 5.10 Å². The topological polar surface area (TPSA) is 78.3 Å². The van der Waals surface area contributed by atoms with Crippen LogP contribution in [0.25, 0.3) is 0 Å². The minimum atomic E-state index is -0.491. The second-order valence-corrected chi connectivity index (χ2v) is 4.73. The predicted molar refractivity (Wildman–Crippen MR) is 75.6 cm³/mol. The van der Waals surface area contributed by atoms with Gasteiger partial charge in [-0.05, 0) is 24.1 Å². The van der Waals surface area contributed by atoms with Crippen LogP contribution in [0.3, 0.4) is 0 Å². The van der Waals surface area contributed by atoms with E-state index in [9.17, 15) is 4.79 Å². The largest absolute Gasteiger partial charge is 0.497 e. The van der Waals surface area contributed by atoms with Crippen molar-refractivity contribution in [3.8, 4) is 5.75 Å². The van der Waals surface area contributed by atoms with E-state index in [1.54, 1.807) is 11.8 Å². The minimum absolute atomic E-state index is 0.0160. The van der Waals surface area contributed by atoms with Crippen LogP contribution in [0.1, 0.15) is 28.5 Å². The molecule has 0 saturated carbocycles. The van der Waals surface area contributed by atoms with Crippen LogP contribution in [0.5, 0.6) is 5.75 Å². The fourth-order valence-electron chi connectivity index (χ4n) is 2.52. The summed E-state index contributed by atoms with van der Waals surface area (Å²) >= 11 is 0. The molecule has 21 heavy (non-hydrogen) atoms. The van der Waals surface area contributed by atoms with Crippen LogP contribution in [0.2, 0.25) is 0 Å². The second-order valence-electron chi connectivity index (χ2n) is 4.73. The van der Waals surface area contributed by atoms with Crippen LogP contribution >= 0.6 is 0 Å². The van der Waals surface area contributed by atoms with Crippen molar-refractivity contribution in [2.24, 2.45) is 0 Å². The van der Waals surface area contributed by atoms with Crippen LogP contribution in [-0.4, -0.2) is 41.7 Å². The first-order chi connectivity index (χ1) is 10.2. The number of hydrogen-bond acceptors (Lipinski definition) is 6. The molecule has 1 aliphatic heterocycles. The Balaban J connectivity index is 2.01. The molecular formula is C14H16N4O3. The van der Waals surface area contributed by atoms with Gasteiger partial charge in [0, 0.05) is 6.54 Å². The molecule has 0 radical (unpaired) electrons. The van der Waals surface area contributed by atoms with E-state index in [4.69, 9.17) is 9.47 Å². The number of methoxy groups -OCH3 is 2. The third-order valence-electron chi connectivity index (χ3n) is 3.56. The van der Waals surface area contributed by atoms with Gasteiger partial charge < -0.3 is 14.8 Å². The van der Waals surface area contributed by atoms with Crippen LogP contribution in [0.15, 0.2) is 24.3 Å². The number of carbonyl (C=O) groups is 1. The third-order valence-corrected chi connectivity index (χ3v) is 3.56. The molecule has 1 aliphatic rings. The lowest BCUT2D eigenvalue weighted by Gasteiger charge is -2.25. The zero-order chi connectivity index (χ0) is 14.8. The van der Waals surface area contributed by atoms with E-state index in [1.165, 1.54) is 7.11 Å². The monoisotopic (exact) mass is 288 g/mol. The molecule has 2 heterocycles. The van der Waals surface area contributed by atoms with Crippen molar-refractivity contribution < 1.29 is 14.3 Å². The number of nitrogens with one attached hydrogen (secondary N) is 1. The first-order valence-corrected chi connectivity index (χ1v) is 6.66. The van der Waals surface area contributed by atoms with E-state index in [-0.39, 0.29) is 11.7 Å². The molecule has 0 fully saturated rings. The number of nitrogens with zero attached hydrogens (tertiary/aromatic N) is 3. The number of rotatable bonds is 3. The average Bonchev–Trinajstić information content (AvgIpc) is 2.98. The Morgan fingerprint density at radius 1 is 1.43 bits per heavy atom. The third kappa shape index (κ3) is 2.31. The van der Waals surface area contributed by atoms with E-state index < -0.39 is 5.97 Å². The van der Waals surface area contributed by atoms with Gasteiger partial charge in [-0.3, -0.25) is 0 Å². The van der Waals surface area contributed by atoms with Gasteiger partial charge in [0.2, 0.25) is 5.69 Å². The van der Waals surface area contributed by atoms with E-state index in [2.05, 4.69) is 15.6 Å². The molecule has 2 aromatic rings. The van der Waals surface area contributed by atoms with Gasteiger partial charge in [-0.1, -0.05) is 17.3 Å². The number of esters is 1. The molecule has 0 amide bonds. The Kier molecular flexibility index (Phi) is 3.47. The van der Waals surface area contributed by atoms with E-state index in [0.717, 1.165) is 24.3 Å². The summed E-state index contributed by atoms with van der Waals surface area (Å²) in [6, 6.07) is 7.84. The van der Waals surface area contributed by atoms with Crippen molar-refractivity contribution in [1.82, 2.24) is 15.0 Å². The molecule has 0 aliphatic carbocycles. The highest BCUT2D eigenvalue weighted by Crippen LogP contribution is 2.31. The maximum atomic E-state index is 11.7. The summed E-state index contributed by atoms with van der Waals surface area (Å²) < 4.78 is 11.7. The molecule has 1 aromatic heterocycles. The smallest absolute Gasteiger partial charge is 0.362 e. The Bertz CT molecular complexity index is 668. The molecule has 1 aromatic carbocycles. The molecule has 0 saturated heterocycles. The van der Waals surface area contributed by atoms with Crippen LogP contribution in [-0.2, 0) is 4.74 Å². The van der Waals surface area contributed by atoms with E-state index in [0.29, 0.717) is 5.82 Å². The lowest BCUT2D eigenvalue weighted by molar-refractivity contribution is 0.0595. The predicted octanol–water partition coefficient (Wildman–Crippen LogP) is 1.48. The molecule has 1 atom stereocenters. The molecule has 7 nitrogen and oxygen atoms in total. The van der Waals surface area contributed by atoms with Crippen molar-refractivity contribution in [1.29, 1.82) is 0 Å². The van der Waals surface area contributed by atoms with Crippen molar-refractivity contribution in [3.05, 3.63) is 35.5 Å². The van der Waals surface area contributed by atoms with Gasteiger partial charge in [0.25, 0.3) is 0 Å². The molecule has 3 rings (SSSR count). The molecular weight excluding hydrogens is 272 g/mol. The average molecular weight is 288 g/mol. The quantitative estimate of drug-likeness (QED) is 0.862. The second kappa shape index (κ2) is 5.43. The fraction of sp³-hybridized carbons (Fsp3) is 0.357. The standard InChI is InChI=1S/C14H16N4O3/c1-20-10-5-3-4-9(8-10)11-6-7-15-13-12(14(19)21-2)16-17-18(11)13/h3-5,8,11,15H,6-7H2,1-2H3. The van der Waals surface area contributed by atoms with Crippen molar-refractivity contribution in [3.63, 3.8) is 0 Å². The number of fused-ring (bicyclic) bond motifs is 1. The van der Waals surface area contributed by atoms with Gasteiger partial charge in [0.1, 0.15) is 5.75 Å². The summed E-state index contributed by atoms with van der Waals surface area (Å²) in [6.07, 6.45) is 0.851. The summed E-state index contributed by atoms with van der Waals surface area (Å²) in [5.41, 5.74) is 1.28. The van der Waals surface area contributed by atoms with Crippen LogP contribution < -0.4 is 10.1 Å². The Labute approximate surface area is 121 Å². The zero-order valence-corrected chi connectivity index (χ0v) is 11.9. The summed E-state index contributed by atoms with van der Waals surface area (Å²) in [5, 5.41) is 11.2. The maximum absolute atomic E-state index is 11.7. The van der Waals surface area contributed by atoms with E-state index in [1.807, 2.05) is 24.3 Å². The Hall–Kier alpha value is -2.57. The van der Waals surface area contributed by atoms with Gasteiger partial charge in [-0.25, -0.2) is 9.48 Å². The Morgan fingerprint density at radius 3 is 3.05 bits per heavy atom. The first kappa shape index (κ1) is 13.4. The Morgan fingerprint density at radius 2 is 2.29 bits per heavy atom. The number of anilines is 1. The van der Waals surface area contributed by atoms with Gasteiger partial charge in [0.05, 0.1) is 20.3 Å². The normalized spacial score (nSPS) is 16.8. The lowest BCUT2D eigenvalue weighted by Crippen LogP contribution is -2.25. The minimum Gasteiger partial charge on any atom is -0.497 e. The molecule has 0 spiro atoms. The number of benzene rings is 1. The first-order valence-electron chi connectivity index (χ1n) is 6.66. The highest BCUT2D eigenvalue weighted by molar-refractivity contribution is 5.92. The fourth-order valence-corrected chi connectivity index (χ4v) is 2.52. The van der Waals surface area contributed by atoms with Gasteiger partial charge >= 0.3 is 5.97 Å². The lowest BCUT2D eigenvalue weighted by atomic mass is 10.0. The molecule has 1 N–H and O–H groups in total. The van der Waals surface area contributed by atoms with Crippen molar-refractivity contribution in [2.45, 2.75) is 12.5 Å². The highest BCUT2D eigenvalue weighted by atomic mass is 16.5. The van der Waals surface area contributed by atoms with Crippen molar-refractivity contribution in [2.75, 3.05) is 26.1 Å².